The van der Waals surface area contributed by atoms with E-state index in [1.165, 1.54) is 49.0 Å². The minimum atomic E-state index is -0.569. The molecule has 0 fully saturated rings. The molecule has 3 N–H and O–H groups in total. The molecule has 0 spiro atoms. The first-order chi connectivity index (χ1) is 26.2. The number of nitrogens with one attached hydrogen (secondary N) is 2. The van der Waals surface area contributed by atoms with E-state index in [0.29, 0.717) is 5.25 Å². The van der Waals surface area contributed by atoms with Crippen molar-refractivity contribution in [2.24, 2.45) is 20.3 Å². The summed E-state index contributed by atoms with van der Waals surface area (Å²) in [6.07, 6.45) is 7.50. The number of urea groups is 1. The van der Waals surface area contributed by atoms with E-state index in [4.69, 9.17) is 5.21 Å². The van der Waals surface area contributed by atoms with E-state index in [0.717, 1.165) is 11.9 Å². The SMILES string of the molecule is CC(C)/[N+]([O-])=N/[O-].CC(C)N(C)N=O.CC(C)N=O.CC(C)NC(=O)NO.CC(C)SN=O.CC(C)[N+](=O)[O-].CCC.CCC.CCC.CCC.CCC.CCC. The Balaban J connectivity index is -0.0000000395. The molecule has 0 saturated heterocycles. The summed E-state index contributed by atoms with van der Waals surface area (Å²) in [5, 5.41) is 48.2. The first-order valence-electron chi connectivity index (χ1n) is 20.2. The molecule has 0 heterocycles. The fourth-order valence-corrected chi connectivity index (χ4v) is 0.741. The number of carbonyl (C=O) groups excluding carboxylic acids is 1. The molecule has 57 heavy (non-hydrogen) atoms. The lowest BCUT2D eigenvalue weighted by Crippen LogP contribution is -2.37. The van der Waals surface area contributed by atoms with Crippen LogP contribution < -0.4 is 10.8 Å². The molecule has 0 aromatic carbocycles. The van der Waals surface area contributed by atoms with E-state index in [1.807, 2.05) is 27.7 Å². The number of nitroso groups, excluding NO2 is 3. The molecule has 0 aliphatic carbocycles. The maximum Gasteiger partial charge on any atom is 0.338 e. The molecular formula is C38H96N9O9S-. The van der Waals surface area contributed by atoms with Crippen LogP contribution in [0.5, 0.6) is 0 Å². The maximum atomic E-state index is 10.2. The lowest BCUT2D eigenvalue weighted by atomic mass is 10.4. The molecule has 0 aromatic rings. The Hall–Kier alpha value is -3.22. The Morgan fingerprint density at radius 2 is 0.930 bits per heavy atom. The van der Waals surface area contributed by atoms with Crippen molar-refractivity contribution in [3.63, 3.8) is 0 Å². The lowest BCUT2D eigenvalue weighted by Gasteiger charge is -2.10. The third-order valence-electron chi connectivity index (χ3n) is 2.81. The molecule has 0 radical (unpaired) electrons. The van der Waals surface area contributed by atoms with Gasteiger partial charge in [0.1, 0.15) is 0 Å². The minimum absolute atomic E-state index is 0.0463. The highest BCUT2D eigenvalue weighted by atomic mass is 32.2. The van der Waals surface area contributed by atoms with Crippen LogP contribution in [0.4, 0.5) is 4.79 Å². The molecule has 0 atom stereocenters. The third-order valence-corrected chi connectivity index (χ3v) is 3.31. The van der Waals surface area contributed by atoms with E-state index in [-0.39, 0.29) is 34.0 Å². The molecule has 0 aromatic heterocycles. The van der Waals surface area contributed by atoms with Crippen molar-refractivity contribution < 1.29 is 19.8 Å². The second-order valence-electron chi connectivity index (χ2n) is 13.0. The first kappa shape index (κ1) is 85.8. The summed E-state index contributed by atoms with van der Waals surface area (Å²) in [7, 11) is 1.65. The van der Waals surface area contributed by atoms with E-state index in [1.54, 1.807) is 62.4 Å². The summed E-state index contributed by atoms with van der Waals surface area (Å²) >= 11 is 1.06. The van der Waals surface area contributed by atoms with Crippen molar-refractivity contribution in [1.29, 1.82) is 0 Å². The van der Waals surface area contributed by atoms with Gasteiger partial charge in [-0.3, -0.25) is 20.3 Å². The van der Waals surface area contributed by atoms with Crippen LogP contribution in [0.1, 0.15) is 205 Å². The van der Waals surface area contributed by atoms with Gasteiger partial charge < -0.3 is 15.7 Å². The van der Waals surface area contributed by atoms with Gasteiger partial charge in [-0.2, -0.15) is 4.91 Å². The molecule has 0 bridgehead atoms. The Kier molecular flexibility index (Phi) is 135. The van der Waals surface area contributed by atoms with Gasteiger partial charge in [0.2, 0.25) is 6.04 Å². The molecule has 0 unspecified atom stereocenters. The third kappa shape index (κ3) is 241. The van der Waals surface area contributed by atoms with Gasteiger partial charge in [0.25, 0.3) is 0 Å². The zero-order valence-electron chi connectivity index (χ0n) is 41.5. The first-order valence-corrected chi connectivity index (χ1v) is 21.0. The van der Waals surface area contributed by atoms with Crippen LogP contribution in [0.25, 0.3) is 0 Å². The van der Waals surface area contributed by atoms with Crippen LogP contribution in [0.2, 0.25) is 0 Å². The zero-order chi connectivity index (χ0) is 49.0. The highest BCUT2D eigenvalue weighted by Gasteiger charge is 1.99. The number of hydroxylamine groups is 2. The summed E-state index contributed by atoms with van der Waals surface area (Å²) in [4.78, 5) is 47.6. The standard InChI is InChI=1S/C4H10N2O2.C4H10N2O.C3H8N2O2.C3H7NO2.C3H7NOS.C3H7NO.6C3H8/c1-3(2)5-4(7)6-8;1-4(2)6(3)5-7;1-3(2)5(7)4-6;1-3(2)4(5)6;1-3(2)6-4-5;1-3(2)4-5;6*1-3-2/h3,8H,1-2H3,(H2,5,6,7);4H,1-3H3;3,6H,1-2H3;2*3H,1-2H3;3H,1-2H3;6*3H2,1-2H3/p-1/b;;5-4-;;;;;;;;;. The average Bonchev–Trinajstić information content (AvgIpc) is 3.10. The van der Waals surface area contributed by atoms with E-state index < -0.39 is 12.1 Å². The Morgan fingerprint density at radius 3 is 0.947 bits per heavy atom. The van der Waals surface area contributed by atoms with E-state index in [2.05, 4.69) is 109 Å². The number of nitro groups is 1. The van der Waals surface area contributed by atoms with Crippen LogP contribution in [0.15, 0.2) is 20.3 Å². The summed E-state index contributed by atoms with van der Waals surface area (Å²) in [6.45, 7) is 46.5. The second-order valence-corrected chi connectivity index (χ2v) is 14.3. The molecule has 354 valence electrons. The summed E-state index contributed by atoms with van der Waals surface area (Å²) < 4.78 is 2.60. The summed E-state index contributed by atoms with van der Waals surface area (Å²) in [5.41, 5.74) is 1.45. The fraction of sp³-hybridized carbons (Fsp3) is 0.974. The van der Waals surface area contributed by atoms with Gasteiger partial charge >= 0.3 is 6.03 Å². The van der Waals surface area contributed by atoms with Crippen molar-refractivity contribution in [1.82, 2.24) is 15.8 Å². The van der Waals surface area contributed by atoms with Crippen molar-refractivity contribution in [2.75, 3.05) is 7.05 Å². The van der Waals surface area contributed by atoms with Gasteiger partial charge in [-0.25, -0.2) is 10.3 Å². The Labute approximate surface area is 355 Å². The van der Waals surface area contributed by atoms with Gasteiger partial charge in [0.05, 0.1) is 11.3 Å². The van der Waals surface area contributed by atoms with Gasteiger partial charge in [-0.15, -0.1) is 9.81 Å². The normalized spacial score (nSPS) is 8.53. The van der Waals surface area contributed by atoms with Crippen molar-refractivity contribution in [2.45, 2.75) is 240 Å². The topological polar surface area (TPSA) is 258 Å². The zero-order valence-corrected chi connectivity index (χ0v) is 42.3. The highest BCUT2D eigenvalue weighted by molar-refractivity contribution is 7.98. The molecular weight excluding hydrogens is 759 g/mol. The average molecular weight is 855 g/mol. The Morgan fingerprint density at radius 1 is 0.667 bits per heavy atom. The number of hydrogen-bond acceptors (Lipinski definition) is 14. The Bertz CT molecular complexity index is 723. The molecule has 2 amide bonds. The fourth-order valence-electron chi connectivity index (χ4n) is 0.569. The maximum absolute atomic E-state index is 10.2. The number of amides is 2. The molecule has 0 aliphatic heterocycles. The molecule has 18 nitrogen and oxygen atoms in total. The largest absolute Gasteiger partial charge is 0.739 e. The van der Waals surface area contributed by atoms with E-state index in [9.17, 15) is 40.0 Å². The number of nitrogens with zero attached hydrogens (tertiary/aromatic N) is 7. The van der Waals surface area contributed by atoms with Crippen LogP contribution in [0, 0.1) is 35.3 Å². The number of hydrogen-bond donors (Lipinski definition) is 3. The van der Waals surface area contributed by atoms with Crippen LogP contribution in [-0.2, 0) is 0 Å². The van der Waals surface area contributed by atoms with Gasteiger partial charge in [-0.05, 0) is 46.8 Å². The van der Waals surface area contributed by atoms with E-state index >= 15 is 0 Å². The monoisotopic (exact) mass is 855 g/mol. The van der Waals surface area contributed by atoms with Crippen molar-refractivity contribution in [3.8, 4) is 0 Å². The van der Waals surface area contributed by atoms with Crippen molar-refractivity contribution >= 4 is 18.0 Å². The van der Waals surface area contributed by atoms with Crippen molar-refractivity contribution in [3.05, 3.63) is 35.3 Å². The molecule has 0 aliphatic rings. The van der Waals surface area contributed by atoms with Gasteiger partial charge in [-0.1, -0.05) is 145 Å². The van der Waals surface area contributed by atoms with Crippen LogP contribution in [-0.4, -0.2) is 68.5 Å². The molecule has 19 heteroatoms. The summed E-state index contributed by atoms with van der Waals surface area (Å²) in [6, 6.07) is -1.10. The predicted octanol–water partition coefficient (Wildman–Crippen LogP) is 14.1. The van der Waals surface area contributed by atoms with Gasteiger partial charge in [0, 0.05) is 73.5 Å². The predicted molar refractivity (Wildman–Crippen MR) is 249 cm³/mol. The second kappa shape index (κ2) is 89.4. The van der Waals surface area contributed by atoms with Crippen LogP contribution >= 0.6 is 11.9 Å². The highest BCUT2D eigenvalue weighted by Crippen LogP contribution is 2.07. The van der Waals surface area contributed by atoms with Gasteiger partial charge in [0.15, 0.2) is 6.04 Å². The number of rotatable bonds is 8. The smallest absolute Gasteiger partial charge is 0.338 e. The van der Waals surface area contributed by atoms with Crippen LogP contribution in [0.3, 0.4) is 0 Å². The minimum Gasteiger partial charge on any atom is -0.739 e. The summed E-state index contributed by atoms with van der Waals surface area (Å²) in [5.74, 6) is 0. The quantitative estimate of drug-likeness (QED) is 0.0393. The lowest BCUT2D eigenvalue weighted by molar-refractivity contribution is -0.556. The number of carbonyl (C=O) groups is 1. The molecule has 0 saturated carbocycles. The molecule has 0 rings (SSSR count).